The van der Waals surface area contributed by atoms with E-state index in [4.69, 9.17) is 9.47 Å². The molecule has 0 saturated carbocycles. The molecule has 2 amide bonds. The number of carbonyl (C=O) groups is 2. The number of ether oxygens (including phenoxy) is 2. The van der Waals surface area contributed by atoms with E-state index >= 15 is 0 Å². The molecule has 0 fully saturated rings. The number of hydrogen-bond donors (Lipinski definition) is 1. The van der Waals surface area contributed by atoms with Gasteiger partial charge in [0.2, 0.25) is 0 Å². The van der Waals surface area contributed by atoms with Crippen molar-refractivity contribution in [3.05, 3.63) is 83.9 Å². The van der Waals surface area contributed by atoms with Gasteiger partial charge < -0.3 is 19.7 Å². The Morgan fingerprint density at radius 1 is 1.06 bits per heavy atom. The Morgan fingerprint density at radius 2 is 1.88 bits per heavy atom. The number of para-hydroxylation sites is 1. The van der Waals surface area contributed by atoms with Crippen molar-refractivity contribution in [3.63, 3.8) is 0 Å². The van der Waals surface area contributed by atoms with E-state index in [-0.39, 0.29) is 11.8 Å². The first-order valence-corrected chi connectivity index (χ1v) is 10.7. The summed E-state index contributed by atoms with van der Waals surface area (Å²) in [7, 11) is 0. The molecular weight excluding hydrogens is 404 g/mol. The molecular formula is C26H26N2O4. The van der Waals surface area contributed by atoms with Crippen molar-refractivity contribution >= 4 is 23.2 Å². The molecule has 32 heavy (non-hydrogen) atoms. The van der Waals surface area contributed by atoms with Crippen molar-refractivity contribution in [3.8, 4) is 11.5 Å². The predicted octanol–water partition coefficient (Wildman–Crippen LogP) is 4.83. The van der Waals surface area contributed by atoms with Gasteiger partial charge in [0.1, 0.15) is 11.5 Å². The van der Waals surface area contributed by atoms with Gasteiger partial charge in [-0.15, -0.1) is 0 Å². The maximum Gasteiger partial charge on any atom is 0.267 e. The van der Waals surface area contributed by atoms with Gasteiger partial charge in [-0.25, -0.2) is 0 Å². The largest absolute Gasteiger partial charge is 0.494 e. The standard InChI is InChI=1S/C26H26N2O4/c1-18-8-6-9-20(16-18)25(29)27-21-12-13-24-23(17-21)28(26(30)19(2)32-24)14-7-15-31-22-10-4-3-5-11-22/h3-6,8-13,16-17,19H,7,14-15H2,1-2H3,(H,27,29). The third kappa shape index (κ3) is 4.91. The molecule has 0 spiro atoms. The number of benzene rings is 3. The van der Waals surface area contributed by atoms with Crippen molar-refractivity contribution in [2.75, 3.05) is 23.4 Å². The number of nitrogens with zero attached hydrogens (tertiary/aromatic N) is 1. The first-order chi connectivity index (χ1) is 15.5. The summed E-state index contributed by atoms with van der Waals surface area (Å²) in [5.41, 5.74) is 2.85. The fraction of sp³-hybridized carbons (Fsp3) is 0.231. The van der Waals surface area contributed by atoms with Gasteiger partial charge in [0.15, 0.2) is 6.10 Å². The SMILES string of the molecule is Cc1cccc(C(=O)Nc2ccc3c(c2)N(CCCOc2ccccc2)C(=O)C(C)O3)c1. The van der Waals surface area contributed by atoms with Crippen LogP contribution in [0, 0.1) is 6.92 Å². The minimum Gasteiger partial charge on any atom is -0.494 e. The molecule has 1 atom stereocenters. The van der Waals surface area contributed by atoms with Gasteiger partial charge in [-0.3, -0.25) is 9.59 Å². The van der Waals surface area contributed by atoms with Gasteiger partial charge in [0.25, 0.3) is 11.8 Å². The van der Waals surface area contributed by atoms with Crippen LogP contribution in [0.3, 0.4) is 0 Å². The molecule has 3 aromatic rings. The van der Waals surface area contributed by atoms with E-state index < -0.39 is 6.10 Å². The fourth-order valence-electron chi connectivity index (χ4n) is 3.63. The fourth-order valence-corrected chi connectivity index (χ4v) is 3.63. The zero-order valence-corrected chi connectivity index (χ0v) is 18.2. The van der Waals surface area contributed by atoms with E-state index in [0.717, 1.165) is 11.3 Å². The Bertz CT molecular complexity index is 1110. The quantitative estimate of drug-likeness (QED) is 0.545. The zero-order chi connectivity index (χ0) is 22.5. The molecule has 164 valence electrons. The van der Waals surface area contributed by atoms with E-state index in [1.807, 2.05) is 55.5 Å². The van der Waals surface area contributed by atoms with Crippen LogP contribution in [-0.2, 0) is 4.79 Å². The van der Waals surface area contributed by atoms with Crippen molar-refractivity contribution in [1.82, 2.24) is 0 Å². The molecule has 0 saturated heterocycles. The molecule has 1 aliphatic rings. The lowest BCUT2D eigenvalue weighted by molar-refractivity contribution is -0.125. The van der Waals surface area contributed by atoms with Crippen LogP contribution in [0.1, 0.15) is 29.3 Å². The van der Waals surface area contributed by atoms with Crippen LogP contribution in [0.5, 0.6) is 11.5 Å². The minimum atomic E-state index is -0.565. The highest BCUT2D eigenvalue weighted by atomic mass is 16.5. The van der Waals surface area contributed by atoms with Gasteiger partial charge in [-0.1, -0.05) is 35.9 Å². The lowest BCUT2D eigenvalue weighted by Gasteiger charge is -2.33. The Labute approximate surface area is 187 Å². The highest BCUT2D eigenvalue weighted by Crippen LogP contribution is 2.36. The van der Waals surface area contributed by atoms with E-state index in [1.54, 1.807) is 36.1 Å². The number of anilines is 2. The highest BCUT2D eigenvalue weighted by Gasteiger charge is 2.31. The summed E-state index contributed by atoms with van der Waals surface area (Å²) in [6.45, 7) is 4.66. The number of rotatable bonds is 7. The Morgan fingerprint density at radius 3 is 2.66 bits per heavy atom. The molecule has 1 aliphatic heterocycles. The number of carbonyl (C=O) groups excluding carboxylic acids is 2. The van der Waals surface area contributed by atoms with Crippen LogP contribution in [0.25, 0.3) is 0 Å². The monoisotopic (exact) mass is 430 g/mol. The van der Waals surface area contributed by atoms with Crippen LogP contribution in [-0.4, -0.2) is 31.1 Å². The predicted molar refractivity (Wildman–Crippen MR) is 125 cm³/mol. The molecule has 1 N–H and O–H groups in total. The van der Waals surface area contributed by atoms with Crippen molar-refractivity contribution in [2.24, 2.45) is 0 Å². The number of fused-ring (bicyclic) bond motifs is 1. The van der Waals surface area contributed by atoms with Crippen molar-refractivity contribution in [2.45, 2.75) is 26.4 Å². The average molecular weight is 431 g/mol. The Kier molecular flexibility index (Phi) is 6.40. The summed E-state index contributed by atoms with van der Waals surface area (Å²) in [6.07, 6.45) is 0.0948. The summed E-state index contributed by atoms with van der Waals surface area (Å²) in [5.74, 6) is 1.11. The molecule has 1 heterocycles. The number of nitrogens with one attached hydrogen (secondary N) is 1. The zero-order valence-electron chi connectivity index (χ0n) is 18.2. The first-order valence-electron chi connectivity index (χ1n) is 10.7. The van der Waals surface area contributed by atoms with E-state index in [9.17, 15) is 9.59 Å². The van der Waals surface area contributed by atoms with Gasteiger partial charge in [-0.2, -0.15) is 0 Å². The molecule has 4 rings (SSSR count). The maximum atomic E-state index is 12.8. The van der Waals surface area contributed by atoms with Crippen LogP contribution in [0.15, 0.2) is 72.8 Å². The van der Waals surface area contributed by atoms with Gasteiger partial charge in [0, 0.05) is 17.8 Å². The van der Waals surface area contributed by atoms with Crippen LogP contribution in [0.2, 0.25) is 0 Å². The lowest BCUT2D eigenvalue weighted by atomic mass is 10.1. The number of aryl methyl sites for hydroxylation is 1. The second-order valence-corrected chi connectivity index (χ2v) is 7.77. The Hall–Kier alpha value is -3.80. The summed E-state index contributed by atoms with van der Waals surface area (Å²) < 4.78 is 11.5. The molecule has 0 radical (unpaired) electrons. The smallest absolute Gasteiger partial charge is 0.267 e. The summed E-state index contributed by atoms with van der Waals surface area (Å²) >= 11 is 0. The maximum absolute atomic E-state index is 12.8. The van der Waals surface area contributed by atoms with Gasteiger partial charge >= 0.3 is 0 Å². The normalized spacial score (nSPS) is 15.0. The summed E-state index contributed by atoms with van der Waals surface area (Å²) in [6, 6.07) is 22.3. The molecule has 1 unspecified atom stereocenters. The lowest BCUT2D eigenvalue weighted by Crippen LogP contribution is -2.45. The minimum absolute atomic E-state index is 0.112. The summed E-state index contributed by atoms with van der Waals surface area (Å²) in [4.78, 5) is 27.2. The van der Waals surface area contributed by atoms with Crippen LogP contribution < -0.4 is 19.7 Å². The van der Waals surface area contributed by atoms with Gasteiger partial charge in [0.05, 0.1) is 12.3 Å². The average Bonchev–Trinajstić information content (AvgIpc) is 2.80. The van der Waals surface area contributed by atoms with E-state index in [1.165, 1.54) is 0 Å². The van der Waals surface area contributed by atoms with Crippen molar-refractivity contribution in [1.29, 1.82) is 0 Å². The topological polar surface area (TPSA) is 67.9 Å². The third-order valence-corrected chi connectivity index (χ3v) is 5.24. The molecule has 0 aromatic heterocycles. The van der Waals surface area contributed by atoms with Gasteiger partial charge in [-0.05, 0) is 62.7 Å². The second-order valence-electron chi connectivity index (χ2n) is 7.77. The van der Waals surface area contributed by atoms with E-state index in [2.05, 4.69) is 5.32 Å². The van der Waals surface area contributed by atoms with Crippen molar-refractivity contribution < 1.29 is 19.1 Å². The molecule has 6 heteroatoms. The highest BCUT2D eigenvalue weighted by molar-refractivity contribution is 6.05. The second kappa shape index (κ2) is 9.56. The third-order valence-electron chi connectivity index (χ3n) is 5.24. The molecule has 3 aromatic carbocycles. The number of amides is 2. The molecule has 6 nitrogen and oxygen atoms in total. The van der Waals surface area contributed by atoms with Crippen LogP contribution in [0.4, 0.5) is 11.4 Å². The van der Waals surface area contributed by atoms with E-state index in [0.29, 0.717) is 42.3 Å². The first kappa shape index (κ1) is 21.4. The molecule has 0 aliphatic carbocycles. The summed E-state index contributed by atoms with van der Waals surface area (Å²) in [5, 5.41) is 2.91. The number of hydrogen-bond acceptors (Lipinski definition) is 4. The molecule has 0 bridgehead atoms. The van der Waals surface area contributed by atoms with Crippen LogP contribution >= 0.6 is 0 Å². The Balaban J connectivity index is 1.47.